The van der Waals surface area contributed by atoms with Crippen LogP contribution in [0.3, 0.4) is 0 Å². The first kappa shape index (κ1) is 27.7. The van der Waals surface area contributed by atoms with Gasteiger partial charge in [0, 0.05) is 49.4 Å². The fourth-order valence-electron chi connectivity index (χ4n) is 9.51. The van der Waals surface area contributed by atoms with Crippen molar-refractivity contribution in [1.29, 1.82) is 0 Å². The maximum Gasteiger partial charge on any atom is 0.319 e. The van der Waals surface area contributed by atoms with Crippen molar-refractivity contribution in [3.63, 3.8) is 0 Å². The minimum Gasteiger partial charge on any atom is -0.508 e. The summed E-state index contributed by atoms with van der Waals surface area (Å²) in [6.45, 7) is 4.64. The summed E-state index contributed by atoms with van der Waals surface area (Å²) >= 11 is 0. The molecule has 5 atom stereocenters. The molecular formula is C35H38F2N6O2. The van der Waals surface area contributed by atoms with Gasteiger partial charge in [-0.05, 0) is 86.9 Å². The molecule has 9 rings (SSSR count). The summed E-state index contributed by atoms with van der Waals surface area (Å²) in [5.41, 5.74) is 0.191. The smallest absolute Gasteiger partial charge is 0.319 e. The number of nitrogens with one attached hydrogen (secondary N) is 1. The third kappa shape index (κ3) is 4.24. The third-order valence-corrected chi connectivity index (χ3v) is 11.4. The average Bonchev–Trinajstić information content (AvgIpc) is 3.74. The number of aromatic nitrogens is 3. The SMILES string of the molecule is Cc1cccc2cc(O)cc(-c3ncc4c(N5CC6CCC(C5)N6)nc(OC[C@]56CCCN5[C@@H]5CCC[C@]5(F)C6)nc4c3F)c12. The predicted molar refractivity (Wildman–Crippen MR) is 169 cm³/mol. The first-order chi connectivity index (χ1) is 21.8. The Balaban J connectivity index is 1.15. The van der Waals surface area contributed by atoms with Gasteiger partial charge in [-0.2, -0.15) is 9.97 Å². The first-order valence-corrected chi connectivity index (χ1v) is 16.5. The third-order valence-electron chi connectivity index (χ3n) is 11.4. The Kier molecular flexibility index (Phi) is 6.11. The number of pyridine rings is 1. The molecule has 2 aromatic carbocycles. The summed E-state index contributed by atoms with van der Waals surface area (Å²) in [5, 5.41) is 16.4. The molecule has 0 radical (unpaired) electrons. The monoisotopic (exact) mass is 612 g/mol. The highest BCUT2D eigenvalue weighted by atomic mass is 19.1. The topological polar surface area (TPSA) is 86.6 Å². The van der Waals surface area contributed by atoms with Crippen LogP contribution in [0.25, 0.3) is 32.9 Å². The van der Waals surface area contributed by atoms with Gasteiger partial charge in [0.25, 0.3) is 0 Å². The van der Waals surface area contributed by atoms with Crippen molar-refractivity contribution in [1.82, 2.24) is 25.2 Å². The van der Waals surface area contributed by atoms with E-state index >= 15 is 8.78 Å². The van der Waals surface area contributed by atoms with Gasteiger partial charge in [-0.15, -0.1) is 0 Å². The Morgan fingerprint density at radius 1 is 1.09 bits per heavy atom. The minimum absolute atomic E-state index is 0.0420. The molecule has 2 unspecified atom stereocenters. The van der Waals surface area contributed by atoms with Crippen LogP contribution < -0.4 is 15.0 Å². The summed E-state index contributed by atoms with van der Waals surface area (Å²) in [5.74, 6) is 0.0859. The van der Waals surface area contributed by atoms with Gasteiger partial charge in [0.05, 0.1) is 10.9 Å². The lowest BCUT2D eigenvalue weighted by Gasteiger charge is -2.35. The molecule has 4 saturated heterocycles. The van der Waals surface area contributed by atoms with E-state index in [4.69, 9.17) is 14.7 Å². The van der Waals surface area contributed by atoms with Gasteiger partial charge >= 0.3 is 6.01 Å². The van der Waals surface area contributed by atoms with Gasteiger partial charge in [-0.3, -0.25) is 9.88 Å². The average molecular weight is 613 g/mol. The molecule has 5 aliphatic rings. The largest absolute Gasteiger partial charge is 0.508 e. The van der Waals surface area contributed by atoms with Crippen molar-refractivity contribution < 1.29 is 18.6 Å². The highest BCUT2D eigenvalue weighted by Gasteiger charge is 2.63. The summed E-state index contributed by atoms with van der Waals surface area (Å²) in [6, 6.07) is 9.81. The Morgan fingerprint density at radius 3 is 2.78 bits per heavy atom. The van der Waals surface area contributed by atoms with Crippen molar-refractivity contribution in [2.75, 3.05) is 31.1 Å². The molecule has 2 N–H and O–H groups in total. The number of phenols is 1. The number of aryl methyl sites for hydroxylation is 1. The number of hydrogen-bond donors (Lipinski definition) is 2. The molecule has 1 aliphatic carbocycles. The van der Waals surface area contributed by atoms with E-state index in [1.165, 1.54) is 0 Å². The molecule has 8 nitrogen and oxygen atoms in total. The number of anilines is 1. The van der Waals surface area contributed by atoms with Crippen molar-refractivity contribution in [2.45, 2.75) is 87.6 Å². The van der Waals surface area contributed by atoms with E-state index in [1.54, 1.807) is 18.3 Å². The predicted octanol–water partition coefficient (Wildman–Crippen LogP) is 5.82. The number of rotatable bonds is 5. The molecule has 0 amide bonds. The van der Waals surface area contributed by atoms with Gasteiger partial charge in [0.2, 0.25) is 0 Å². The van der Waals surface area contributed by atoms with Gasteiger partial charge < -0.3 is 20.1 Å². The minimum atomic E-state index is -1.16. The number of piperazine rings is 1. The van der Waals surface area contributed by atoms with Crippen LogP contribution in [-0.2, 0) is 0 Å². The number of halogens is 2. The van der Waals surface area contributed by atoms with Crippen LogP contribution in [0.5, 0.6) is 11.8 Å². The van der Waals surface area contributed by atoms with Crippen LogP contribution in [0.4, 0.5) is 14.6 Å². The van der Waals surface area contributed by atoms with Crippen LogP contribution >= 0.6 is 0 Å². The van der Waals surface area contributed by atoms with E-state index in [2.05, 4.69) is 20.1 Å². The molecule has 4 aromatic rings. The second kappa shape index (κ2) is 9.93. The zero-order chi connectivity index (χ0) is 30.5. The van der Waals surface area contributed by atoms with E-state index in [-0.39, 0.29) is 41.2 Å². The molecule has 2 aromatic heterocycles. The lowest BCUT2D eigenvalue weighted by atomic mass is 9.88. The molecule has 4 aliphatic heterocycles. The Bertz CT molecular complexity index is 1840. The van der Waals surface area contributed by atoms with Crippen molar-refractivity contribution in [2.24, 2.45) is 0 Å². The van der Waals surface area contributed by atoms with E-state index < -0.39 is 11.5 Å². The van der Waals surface area contributed by atoms with Crippen molar-refractivity contribution >= 4 is 27.5 Å². The lowest BCUT2D eigenvalue weighted by Crippen LogP contribution is -2.51. The highest BCUT2D eigenvalue weighted by molar-refractivity contribution is 6.01. The van der Waals surface area contributed by atoms with Gasteiger partial charge in [0.15, 0.2) is 5.82 Å². The first-order valence-electron chi connectivity index (χ1n) is 16.5. The Hall–Kier alpha value is -3.63. The Morgan fingerprint density at radius 2 is 1.93 bits per heavy atom. The molecule has 10 heteroatoms. The summed E-state index contributed by atoms with van der Waals surface area (Å²) in [7, 11) is 0. The van der Waals surface area contributed by atoms with Crippen LogP contribution in [0.15, 0.2) is 36.5 Å². The van der Waals surface area contributed by atoms with Gasteiger partial charge in [0.1, 0.15) is 35.1 Å². The number of phenolic OH excluding ortho intramolecular Hbond substituents is 1. The number of nitrogens with zero attached hydrogens (tertiary/aromatic N) is 5. The summed E-state index contributed by atoms with van der Waals surface area (Å²) in [6.07, 6.45) is 8.66. The normalized spacial score (nSPS) is 30.8. The fraction of sp³-hybridized carbons (Fsp3) is 0.514. The Labute approximate surface area is 260 Å². The number of fused-ring (bicyclic) bond motifs is 7. The van der Waals surface area contributed by atoms with Gasteiger partial charge in [-0.25, -0.2) is 8.78 Å². The van der Waals surface area contributed by atoms with Crippen molar-refractivity contribution in [3.8, 4) is 23.0 Å². The quantitative estimate of drug-likeness (QED) is 0.292. The van der Waals surface area contributed by atoms with E-state index in [0.717, 1.165) is 74.5 Å². The fourth-order valence-corrected chi connectivity index (χ4v) is 9.51. The van der Waals surface area contributed by atoms with E-state index in [9.17, 15) is 5.11 Å². The standard InChI is InChI=1S/C35H38F2N6O2/c1-20-5-2-6-21-13-24(44)14-25(28(20)21)30-29(36)31-26(15-38-30)32(42-16-22-8-9-23(17-42)39-22)41-33(40-31)45-19-34-10-4-12-43(34)27-7-3-11-35(27,37)18-34/h2,5-6,13-15,22-23,27,39,44H,3-4,7-12,16-19H2,1H3/t22?,23?,27-,34-,35+/m1/s1. The van der Waals surface area contributed by atoms with E-state index in [0.29, 0.717) is 41.7 Å². The summed E-state index contributed by atoms with van der Waals surface area (Å²) < 4.78 is 39.2. The zero-order valence-corrected chi connectivity index (χ0v) is 25.5. The number of alkyl halides is 1. The number of ether oxygens (including phenoxy) is 1. The molecule has 0 spiro atoms. The maximum absolute atomic E-state index is 16.8. The highest BCUT2D eigenvalue weighted by Crippen LogP contribution is 2.55. The summed E-state index contributed by atoms with van der Waals surface area (Å²) in [4.78, 5) is 18.8. The molecule has 45 heavy (non-hydrogen) atoms. The van der Waals surface area contributed by atoms with Crippen molar-refractivity contribution in [3.05, 3.63) is 47.9 Å². The molecule has 234 valence electrons. The molecule has 6 heterocycles. The molecular weight excluding hydrogens is 574 g/mol. The second-order valence-corrected chi connectivity index (χ2v) is 14.2. The number of hydrogen-bond acceptors (Lipinski definition) is 8. The second-order valence-electron chi connectivity index (χ2n) is 14.2. The van der Waals surface area contributed by atoms with Gasteiger partial charge in [-0.1, -0.05) is 18.2 Å². The molecule has 2 bridgehead atoms. The van der Waals surface area contributed by atoms with Crippen LogP contribution in [-0.4, -0.2) is 80.5 Å². The number of benzene rings is 2. The maximum atomic E-state index is 16.8. The lowest BCUT2D eigenvalue weighted by molar-refractivity contribution is 0.0811. The van der Waals surface area contributed by atoms with Crippen LogP contribution in [0.2, 0.25) is 0 Å². The van der Waals surface area contributed by atoms with Crippen LogP contribution in [0, 0.1) is 12.7 Å². The molecule has 1 saturated carbocycles. The zero-order valence-electron chi connectivity index (χ0n) is 25.5. The van der Waals surface area contributed by atoms with E-state index in [1.807, 2.05) is 25.1 Å². The molecule has 5 fully saturated rings. The van der Waals surface area contributed by atoms with Crippen LogP contribution in [0.1, 0.15) is 56.9 Å². The number of aromatic hydroxyl groups is 1.